The molecule has 0 saturated heterocycles. The van der Waals surface area contributed by atoms with E-state index in [-0.39, 0.29) is 11.8 Å². The number of hydrogen-bond acceptors (Lipinski definition) is 4. The third kappa shape index (κ3) is 5.03. The maximum absolute atomic E-state index is 12.6. The number of thiophene rings is 1. The predicted molar refractivity (Wildman–Crippen MR) is 107 cm³/mol. The monoisotopic (exact) mass is 380 g/mol. The Kier molecular flexibility index (Phi) is 6.35. The first-order chi connectivity index (χ1) is 13.2. The summed E-state index contributed by atoms with van der Waals surface area (Å²) in [7, 11) is 1.65. The molecule has 5 nitrogen and oxygen atoms in total. The molecular formula is C21H20N2O3S. The Morgan fingerprint density at radius 1 is 1.00 bits per heavy atom. The lowest BCUT2D eigenvalue weighted by Crippen LogP contribution is -2.24. The Hall–Kier alpha value is -2.96. The van der Waals surface area contributed by atoms with E-state index in [0.717, 1.165) is 11.1 Å². The highest BCUT2D eigenvalue weighted by Gasteiger charge is 2.14. The van der Waals surface area contributed by atoms with Crippen LogP contribution in [0, 0.1) is 0 Å². The van der Waals surface area contributed by atoms with Gasteiger partial charge >= 0.3 is 0 Å². The second-order valence-corrected chi connectivity index (χ2v) is 6.73. The molecule has 0 radical (unpaired) electrons. The van der Waals surface area contributed by atoms with Crippen molar-refractivity contribution in [2.45, 2.75) is 13.2 Å². The van der Waals surface area contributed by atoms with Crippen molar-refractivity contribution in [2.24, 2.45) is 0 Å². The summed E-state index contributed by atoms with van der Waals surface area (Å²) in [4.78, 5) is 24.9. The first kappa shape index (κ1) is 18.8. The van der Waals surface area contributed by atoms with Crippen LogP contribution in [0.15, 0.2) is 65.4 Å². The second-order valence-electron chi connectivity index (χ2n) is 5.95. The SMILES string of the molecule is COCc1cccc(CNC(=O)c2ccccc2NC(=O)c2ccsc2)c1. The van der Waals surface area contributed by atoms with Gasteiger partial charge < -0.3 is 15.4 Å². The molecule has 0 bridgehead atoms. The van der Waals surface area contributed by atoms with Crippen molar-refractivity contribution in [3.8, 4) is 0 Å². The fourth-order valence-electron chi connectivity index (χ4n) is 2.65. The lowest BCUT2D eigenvalue weighted by Gasteiger charge is -2.11. The Bertz CT molecular complexity index is 923. The molecule has 27 heavy (non-hydrogen) atoms. The van der Waals surface area contributed by atoms with Crippen molar-refractivity contribution in [2.75, 3.05) is 12.4 Å². The standard InChI is InChI=1S/C21H20N2O3S/c1-26-13-16-6-4-5-15(11-16)12-22-21(25)18-7-2-3-8-19(18)23-20(24)17-9-10-27-14-17/h2-11,14H,12-13H2,1H3,(H,22,25)(H,23,24). The van der Waals surface area contributed by atoms with Gasteiger partial charge in [0.25, 0.3) is 11.8 Å². The molecule has 3 rings (SSSR count). The van der Waals surface area contributed by atoms with E-state index >= 15 is 0 Å². The number of amides is 2. The quantitative estimate of drug-likeness (QED) is 0.649. The molecule has 2 N–H and O–H groups in total. The van der Waals surface area contributed by atoms with E-state index in [2.05, 4.69) is 10.6 Å². The van der Waals surface area contributed by atoms with E-state index in [1.54, 1.807) is 42.8 Å². The van der Waals surface area contributed by atoms with Crippen LogP contribution in [0.1, 0.15) is 31.8 Å². The average molecular weight is 380 g/mol. The largest absolute Gasteiger partial charge is 0.380 e. The number of hydrogen-bond donors (Lipinski definition) is 2. The van der Waals surface area contributed by atoms with Crippen LogP contribution in [-0.4, -0.2) is 18.9 Å². The lowest BCUT2D eigenvalue weighted by atomic mass is 10.1. The molecule has 0 atom stereocenters. The van der Waals surface area contributed by atoms with Crippen LogP contribution in [0.3, 0.4) is 0 Å². The van der Waals surface area contributed by atoms with Crippen LogP contribution in [0.5, 0.6) is 0 Å². The van der Waals surface area contributed by atoms with Crippen LogP contribution >= 0.6 is 11.3 Å². The zero-order valence-corrected chi connectivity index (χ0v) is 15.7. The van der Waals surface area contributed by atoms with Gasteiger partial charge in [0.1, 0.15) is 0 Å². The molecule has 3 aromatic rings. The Balaban J connectivity index is 1.68. The van der Waals surface area contributed by atoms with Crippen molar-refractivity contribution in [1.29, 1.82) is 0 Å². The first-order valence-electron chi connectivity index (χ1n) is 8.45. The van der Waals surface area contributed by atoms with E-state index < -0.39 is 0 Å². The zero-order chi connectivity index (χ0) is 19.1. The fourth-order valence-corrected chi connectivity index (χ4v) is 3.29. The minimum atomic E-state index is -0.242. The number of benzene rings is 2. The maximum Gasteiger partial charge on any atom is 0.256 e. The number of para-hydroxylation sites is 1. The predicted octanol–water partition coefficient (Wildman–Crippen LogP) is 4.08. The summed E-state index contributed by atoms with van der Waals surface area (Å²) in [6.45, 7) is 0.919. The number of carbonyl (C=O) groups is 2. The normalized spacial score (nSPS) is 10.4. The molecule has 1 heterocycles. The highest BCUT2D eigenvalue weighted by molar-refractivity contribution is 7.08. The van der Waals surface area contributed by atoms with Gasteiger partial charge in [0, 0.05) is 19.0 Å². The molecule has 0 aliphatic carbocycles. The molecule has 1 aromatic heterocycles. The van der Waals surface area contributed by atoms with Gasteiger partial charge in [-0.25, -0.2) is 0 Å². The van der Waals surface area contributed by atoms with Crippen molar-refractivity contribution in [3.63, 3.8) is 0 Å². The summed E-state index contributed by atoms with van der Waals surface area (Å²) >= 11 is 1.45. The van der Waals surface area contributed by atoms with Gasteiger partial charge in [-0.05, 0) is 34.7 Å². The molecule has 0 saturated carbocycles. The Morgan fingerprint density at radius 3 is 2.59 bits per heavy atom. The molecule has 2 aromatic carbocycles. The third-order valence-corrected chi connectivity index (χ3v) is 4.64. The minimum Gasteiger partial charge on any atom is -0.380 e. The van der Waals surface area contributed by atoms with Gasteiger partial charge in [0.2, 0.25) is 0 Å². The zero-order valence-electron chi connectivity index (χ0n) is 14.9. The van der Waals surface area contributed by atoms with Crippen LogP contribution in [0.2, 0.25) is 0 Å². The Labute approximate surface area is 162 Å². The smallest absolute Gasteiger partial charge is 0.256 e. The van der Waals surface area contributed by atoms with Crippen LogP contribution < -0.4 is 10.6 Å². The van der Waals surface area contributed by atoms with Gasteiger partial charge in [0.15, 0.2) is 0 Å². The molecule has 0 aliphatic heterocycles. The van der Waals surface area contributed by atoms with Gasteiger partial charge in [-0.3, -0.25) is 9.59 Å². The van der Waals surface area contributed by atoms with E-state index in [9.17, 15) is 9.59 Å². The molecular weight excluding hydrogens is 360 g/mol. The number of nitrogens with one attached hydrogen (secondary N) is 2. The van der Waals surface area contributed by atoms with E-state index in [4.69, 9.17) is 4.74 Å². The van der Waals surface area contributed by atoms with Gasteiger partial charge in [-0.15, -0.1) is 0 Å². The Morgan fingerprint density at radius 2 is 1.81 bits per heavy atom. The maximum atomic E-state index is 12.6. The summed E-state index contributed by atoms with van der Waals surface area (Å²) in [5.74, 6) is -0.475. The summed E-state index contributed by atoms with van der Waals surface area (Å²) in [5, 5.41) is 9.32. The summed E-state index contributed by atoms with van der Waals surface area (Å²) < 4.78 is 5.13. The number of rotatable bonds is 7. The molecule has 6 heteroatoms. The van der Waals surface area contributed by atoms with Crippen molar-refractivity contribution < 1.29 is 14.3 Å². The van der Waals surface area contributed by atoms with E-state index in [1.165, 1.54) is 11.3 Å². The number of anilines is 1. The molecule has 0 spiro atoms. The van der Waals surface area contributed by atoms with Crippen LogP contribution in [0.4, 0.5) is 5.69 Å². The van der Waals surface area contributed by atoms with Crippen LogP contribution in [-0.2, 0) is 17.9 Å². The highest BCUT2D eigenvalue weighted by atomic mass is 32.1. The highest BCUT2D eigenvalue weighted by Crippen LogP contribution is 2.17. The minimum absolute atomic E-state index is 0.233. The third-order valence-electron chi connectivity index (χ3n) is 3.96. The topological polar surface area (TPSA) is 67.4 Å². The molecule has 138 valence electrons. The van der Waals surface area contributed by atoms with Crippen molar-refractivity contribution >= 4 is 28.8 Å². The van der Waals surface area contributed by atoms with Crippen molar-refractivity contribution in [3.05, 3.63) is 87.6 Å². The average Bonchev–Trinajstić information content (AvgIpc) is 3.22. The van der Waals surface area contributed by atoms with E-state index in [0.29, 0.717) is 30.0 Å². The molecule has 0 unspecified atom stereocenters. The summed E-state index contributed by atoms with van der Waals surface area (Å²) in [6, 6.07) is 16.6. The number of methoxy groups -OCH3 is 1. The molecule has 0 aliphatic rings. The molecule has 2 amide bonds. The fraction of sp³-hybridized carbons (Fsp3) is 0.143. The lowest BCUT2D eigenvalue weighted by molar-refractivity contribution is 0.0951. The van der Waals surface area contributed by atoms with Crippen molar-refractivity contribution in [1.82, 2.24) is 5.32 Å². The second kappa shape index (κ2) is 9.12. The number of carbonyl (C=O) groups excluding carboxylic acids is 2. The van der Waals surface area contributed by atoms with E-state index in [1.807, 2.05) is 29.6 Å². The van der Waals surface area contributed by atoms with Gasteiger partial charge in [0.05, 0.1) is 23.4 Å². The number of ether oxygens (including phenoxy) is 1. The summed E-state index contributed by atoms with van der Waals surface area (Å²) in [5.41, 5.74) is 3.52. The van der Waals surface area contributed by atoms with Gasteiger partial charge in [-0.2, -0.15) is 11.3 Å². The van der Waals surface area contributed by atoms with Crippen LogP contribution in [0.25, 0.3) is 0 Å². The molecule has 0 fully saturated rings. The summed E-state index contributed by atoms with van der Waals surface area (Å²) in [6.07, 6.45) is 0. The first-order valence-corrected chi connectivity index (χ1v) is 9.39. The van der Waals surface area contributed by atoms with Gasteiger partial charge in [-0.1, -0.05) is 36.4 Å².